The van der Waals surface area contributed by atoms with E-state index in [1.807, 2.05) is 30.3 Å². The molecule has 0 unspecified atom stereocenters. The molecule has 2 aromatic rings. The Morgan fingerprint density at radius 1 is 1.09 bits per heavy atom. The number of rotatable bonds is 5. The number of nitrogens with zero attached hydrogens (tertiary/aromatic N) is 2. The average molecular weight is 331 g/mol. The Labute approximate surface area is 135 Å². The van der Waals surface area contributed by atoms with E-state index in [0.29, 0.717) is 11.3 Å². The molecule has 120 valence electrons. The molecular weight excluding hydrogens is 314 g/mol. The van der Waals surface area contributed by atoms with Crippen LogP contribution in [0.3, 0.4) is 0 Å². The maximum absolute atomic E-state index is 12.0. The highest BCUT2D eigenvalue weighted by atomic mass is 32.2. The zero-order valence-electron chi connectivity index (χ0n) is 12.8. The number of nitrogens with one attached hydrogen (secondary N) is 1. The van der Waals surface area contributed by atoms with Crippen LogP contribution in [0.4, 0.5) is 5.69 Å². The molecule has 0 heterocycles. The highest BCUT2D eigenvalue weighted by molar-refractivity contribution is 7.92. The van der Waals surface area contributed by atoms with Gasteiger partial charge in [-0.25, -0.2) is 13.8 Å². The molecule has 0 atom stereocenters. The van der Waals surface area contributed by atoms with Crippen LogP contribution in [0, 0.1) is 0 Å². The van der Waals surface area contributed by atoms with Crippen LogP contribution in [-0.2, 0) is 10.0 Å². The van der Waals surface area contributed by atoms with Gasteiger partial charge in [0.05, 0.1) is 18.2 Å². The molecule has 0 aliphatic carbocycles. The lowest BCUT2D eigenvalue weighted by Crippen LogP contribution is -2.25. The highest BCUT2D eigenvalue weighted by Gasteiger charge is 2.12. The van der Waals surface area contributed by atoms with Crippen LogP contribution in [0.15, 0.2) is 59.7 Å². The number of benzene rings is 2. The van der Waals surface area contributed by atoms with Crippen molar-refractivity contribution in [2.75, 3.05) is 17.6 Å². The second-order valence-corrected chi connectivity index (χ2v) is 6.90. The summed E-state index contributed by atoms with van der Waals surface area (Å²) in [5, 5.41) is 3.88. The lowest BCUT2D eigenvalue weighted by Gasteiger charge is -2.16. The first-order valence-electron chi connectivity index (χ1n) is 6.80. The van der Waals surface area contributed by atoms with Crippen molar-refractivity contribution in [2.45, 2.75) is 0 Å². The molecule has 2 rings (SSSR count). The van der Waals surface area contributed by atoms with Crippen molar-refractivity contribution < 1.29 is 13.2 Å². The summed E-state index contributed by atoms with van der Waals surface area (Å²) in [6, 6.07) is 15.6. The maximum Gasteiger partial charge on any atom is 0.271 e. The van der Waals surface area contributed by atoms with Gasteiger partial charge in [0.1, 0.15) is 0 Å². The van der Waals surface area contributed by atoms with Crippen LogP contribution in [0.5, 0.6) is 0 Å². The van der Waals surface area contributed by atoms with E-state index >= 15 is 0 Å². The molecule has 0 aromatic heterocycles. The van der Waals surface area contributed by atoms with Gasteiger partial charge < -0.3 is 0 Å². The van der Waals surface area contributed by atoms with Crippen LogP contribution in [0.2, 0.25) is 0 Å². The van der Waals surface area contributed by atoms with E-state index in [2.05, 4.69) is 10.5 Å². The molecule has 0 bridgehead atoms. The van der Waals surface area contributed by atoms with Gasteiger partial charge in [-0.15, -0.1) is 0 Å². The van der Waals surface area contributed by atoms with Crippen molar-refractivity contribution in [3.05, 3.63) is 65.7 Å². The van der Waals surface area contributed by atoms with Crippen LogP contribution in [0.25, 0.3) is 0 Å². The summed E-state index contributed by atoms with van der Waals surface area (Å²) >= 11 is 0. The molecule has 1 amide bonds. The molecule has 1 N–H and O–H groups in total. The SMILES string of the molecule is CN(c1ccc(C(=O)N/N=C\c2ccccc2)cc1)S(C)(=O)=O. The number of sulfonamides is 1. The fourth-order valence-corrected chi connectivity index (χ4v) is 2.29. The number of hydrazone groups is 1. The van der Waals surface area contributed by atoms with Crippen molar-refractivity contribution >= 4 is 27.8 Å². The van der Waals surface area contributed by atoms with Gasteiger partial charge in [-0.05, 0) is 29.8 Å². The first-order valence-corrected chi connectivity index (χ1v) is 8.65. The summed E-state index contributed by atoms with van der Waals surface area (Å²) in [6.07, 6.45) is 2.66. The minimum atomic E-state index is -3.32. The van der Waals surface area contributed by atoms with Crippen molar-refractivity contribution in [3.63, 3.8) is 0 Å². The summed E-state index contributed by atoms with van der Waals surface area (Å²) in [5.74, 6) is -0.370. The van der Waals surface area contributed by atoms with Gasteiger partial charge in [-0.2, -0.15) is 5.10 Å². The summed E-state index contributed by atoms with van der Waals surface area (Å²) in [5.41, 5.74) is 4.17. The third-order valence-corrected chi connectivity index (χ3v) is 4.38. The largest absolute Gasteiger partial charge is 0.274 e. The van der Waals surface area contributed by atoms with Crippen LogP contribution in [0.1, 0.15) is 15.9 Å². The Morgan fingerprint density at radius 2 is 1.70 bits per heavy atom. The quantitative estimate of drug-likeness (QED) is 0.671. The number of carbonyl (C=O) groups is 1. The molecule has 6 nitrogen and oxygen atoms in total. The summed E-state index contributed by atoms with van der Waals surface area (Å²) < 4.78 is 24.0. The first kappa shape index (κ1) is 16.7. The van der Waals surface area contributed by atoms with E-state index in [4.69, 9.17) is 0 Å². The summed E-state index contributed by atoms with van der Waals surface area (Å²) in [4.78, 5) is 12.0. The van der Waals surface area contributed by atoms with Gasteiger partial charge in [-0.1, -0.05) is 30.3 Å². The van der Waals surface area contributed by atoms with E-state index < -0.39 is 10.0 Å². The van der Waals surface area contributed by atoms with Crippen molar-refractivity contribution in [1.82, 2.24) is 5.43 Å². The third kappa shape index (κ3) is 4.65. The molecule has 0 saturated heterocycles. The Kier molecular flexibility index (Phi) is 5.13. The molecule has 23 heavy (non-hydrogen) atoms. The van der Waals surface area contributed by atoms with Crippen molar-refractivity contribution in [2.24, 2.45) is 5.10 Å². The first-order chi connectivity index (χ1) is 10.9. The van der Waals surface area contributed by atoms with Gasteiger partial charge in [0.15, 0.2) is 0 Å². The van der Waals surface area contributed by atoms with Crippen LogP contribution >= 0.6 is 0 Å². The normalized spacial score (nSPS) is 11.4. The van der Waals surface area contributed by atoms with Crippen molar-refractivity contribution in [1.29, 1.82) is 0 Å². The zero-order valence-corrected chi connectivity index (χ0v) is 13.6. The Bertz CT molecular complexity index is 800. The standard InChI is InChI=1S/C16H17N3O3S/c1-19(23(2,21)22)15-10-8-14(9-11-15)16(20)18-17-12-13-6-4-3-5-7-13/h3-12H,1-2H3,(H,18,20)/b17-12-. The molecule has 7 heteroatoms. The average Bonchev–Trinajstić information content (AvgIpc) is 2.54. The lowest BCUT2D eigenvalue weighted by atomic mass is 10.2. The van der Waals surface area contributed by atoms with E-state index in [9.17, 15) is 13.2 Å². The predicted octanol–water partition coefficient (Wildman–Crippen LogP) is 1.85. The molecule has 0 radical (unpaired) electrons. The summed E-state index contributed by atoms with van der Waals surface area (Å²) in [7, 11) is -1.87. The molecule has 0 spiro atoms. The molecule has 0 aliphatic heterocycles. The molecule has 2 aromatic carbocycles. The third-order valence-electron chi connectivity index (χ3n) is 3.17. The Balaban J connectivity index is 2.02. The Morgan fingerprint density at radius 3 is 2.26 bits per heavy atom. The maximum atomic E-state index is 12.0. The fourth-order valence-electron chi connectivity index (χ4n) is 1.78. The number of carbonyl (C=O) groups excluding carboxylic acids is 1. The smallest absolute Gasteiger partial charge is 0.271 e. The van der Waals surface area contributed by atoms with Gasteiger partial charge >= 0.3 is 0 Å². The second-order valence-electron chi connectivity index (χ2n) is 4.89. The molecule has 0 aliphatic rings. The van der Waals surface area contributed by atoms with Gasteiger partial charge in [0.25, 0.3) is 5.91 Å². The van der Waals surface area contributed by atoms with E-state index in [1.54, 1.807) is 30.5 Å². The van der Waals surface area contributed by atoms with E-state index in [-0.39, 0.29) is 5.91 Å². The number of hydrogen-bond donors (Lipinski definition) is 1. The molecule has 0 saturated carbocycles. The lowest BCUT2D eigenvalue weighted by molar-refractivity contribution is 0.0955. The minimum absolute atomic E-state index is 0.370. The molecule has 0 fully saturated rings. The topological polar surface area (TPSA) is 78.8 Å². The molecular formula is C16H17N3O3S. The van der Waals surface area contributed by atoms with Crippen LogP contribution < -0.4 is 9.73 Å². The monoisotopic (exact) mass is 331 g/mol. The van der Waals surface area contributed by atoms with E-state index in [0.717, 1.165) is 16.1 Å². The number of hydrogen-bond acceptors (Lipinski definition) is 4. The van der Waals surface area contributed by atoms with Crippen molar-refractivity contribution in [3.8, 4) is 0 Å². The predicted molar refractivity (Wildman–Crippen MR) is 91.2 cm³/mol. The zero-order chi connectivity index (χ0) is 16.9. The number of amides is 1. The minimum Gasteiger partial charge on any atom is -0.274 e. The van der Waals surface area contributed by atoms with Crippen LogP contribution in [-0.4, -0.2) is 33.8 Å². The fraction of sp³-hybridized carbons (Fsp3) is 0.125. The van der Waals surface area contributed by atoms with Gasteiger partial charge in [0, 0.05) is 12.6 Å². The van der Waals surface area contributed by atoms with E-state index in [1.165, 1.54) is 7.05 Å². The van der Waals surface area contributed by atoms with Gasteiger partial charge in [-0.3, -0.25) is 9.10 Å². The Hall–Kier alpha value is -2.67. The van der Waals surface area contributed by atoms with Gasteiger partial charge in [0.2, 0.25) is 10.0 Å². The number of anilines is 1. The summed E-state index contributed by atoms with van der Waals surface area (Å²) in [6.45, 7) is 0. The second kappa shape index (κ2) is 7.06. The highest BCUT2D eigenvalue weighted by Crippen LogP contribution is 2.16.